The van der Waals surface area contributed by atoms with E-state index < -0.39 is 12.7 Å². The molecule has 2 fully saturated rings. The summed E-state index contributed by atoms with van der Waals surface area (Å²) in [6, 6.07) is 5.33. The van der Waals surface area contributed by atoms with Crippen LogP contribution in [0.25, 0.3) is 0 Å². The number of halogens is 2. The largest absolute Gasteiger partial charge is 0.435 e. The molecule has 1 aromatic rings. The lowest BCUT2D eigenvalue weighted by Gasteiger charge is -2.15. The lowest BCUT2D eigenvalue weighted by Crippen LogP contribution is -2.36. The van der Waals surface area contributed by atoms with Crippen molar-refractivity contribution >= 4 is 17.5 Å². The molecule has 5 nitrogen and oxygen atoms in total. The molecular weight excluding hydrogens is 282 g/mol. The minimum absolute atomic E-state index is 0.0454. The summed E-state index contributed by atoms with van der Waals surface area (Å²) < 4.78 is 28.3. The van der Waals surface area contributed by atoms with E-state index in [0.29, 0.717) is 5.69 Å². The number of hydrogen-bond acceptors (Lipinski definition) is 4. The summed E-state index contributed by atoms with van der Waals surface area (Å²) in [5, 5.41) is 2.96. The zero-order chi connectivity index (χ0) is 15.0. The molecule has 1 aliphatic heterocycles. The van der Waals surface area contributed by atoms with Gasteiger partial charge < -0.3 is 10.1 Å². The first kappa shape index (κ1) is 13.8. The third-order valence-corrected chi connectivity index (χ3v) is 3.52. The zero-order valence-corrected chi connectivity index (χ0v) is 11.1. The van der Waals surface area contributed by atoms with Crippen LogP contribution in [0.4, 0.5) is 14.5 Å². The quantitative estimate of drug-likeness (QED) is 0.844. The van der Waals surface area contributed by atoms with Crippen LogP contribution >= 0.6 is 0 Å². The Morgan fingerprint density at radius 1 is 1.19 bits per heavy atom. The first-order valence-electron chi connectivity index (χ1n) is 6.72. The molecule has 0 aromatic heterocycles. The van der Waals surface area contributed by atoms with Crippen LogP contribution in [-0.4, -0.2) is 35.4 Å². The first-order chi connectivity index (χ1) is 10.0. The van der Waals surface area contributed by atoms with Crippen molar-refractivity contribution in [3.63, 3.8) is 0 Å². The average Bonchev–Trinajstić information content (AvgIpc) is 3.20. The monoisotopic (exact) mass is 296 g/mol. The molecule has 0 bridgehead atoms. The maximum Gasteiger partial charge on any atom is 0.387 e. The Hall–Kier alpha value is -2.18. The van der Waals surface area contributed by atoms with E-state index in [1.165, 1.54) is 29.2 Å². The standard InChI is InChI=1S/C14H14F2N2O3/c15-14(16)21-10-5-1-8(2-6-10)17-11-7-12(19)18(13(11)20)9-3-4-9/h1-2,5-6,9,11,14,17H,3-4,7H2/t11-/m1/s1. The number of hydrogen-bond donors (Lipinski definition) is 1. The Bertz CT molecular complexity index is 558. The summed E-state index contributed by atoms with van der Waals surface area (Å²) in [6.07, 6.45) is 1.89. The summed E-state index contributed by atoms with van der Waals surface area (Å²) in [7, 11) is 0. The Morgan fingerprint density at radius 2 is 1.86 bits per heavy atom. The number of likely N-dealkylation sites (tertiary alicyclic amines) is 1. The molecule has 1 aromatic carbocycles. The SMILES string of the molecule is O=C1C[C@@H](Nc2ccc(OC(F)F)cc2)C(=O)N1C1CC1. The minimum atomic E-state index is -2.87. The summed E-state index contributed by atoms with van der Waals surface area (Å²) in [4.78, 5) is 25.3. The van der Waals surface area contributed by atoms with E-state index >= 15 is 0 Å². The van der Waals surface area contributed by atoms with E-state index in [-0.39, 0.29) is 30.0 Å². The normalized spacial score (nSPS) is 22.0. The van der Waals surface area contributed by atoms with E-state index in [9.17, 15) is 18.4 Å². The number of ether oxygens (including phenoxy) is 1. The number of amides is 2. The molecule has 3 rings (SSSR count). The van der Waals surface area contributed by atoms with Crippen LogP contribution < -0.4 is 10.1 Å². The summed E-state index contributed by atoms with van der Waals surface area (Å²) in [5.74, 6) is -0.322. The topological polar surface area (TPSA) is 58.6 Å². The molecule has 1 aliphatic carbocycles. The molecule has 1 saturated carbocycles. The zero-order valence-electron chi connectivity index (χ0n) is 11.1. The molecule has 1 N–H and O–H groups in total. The third-order valence-electron chi connectivity index (χ3n) is 3.52. The van der Waals surface area contributed by atoms with Gasteiger partial charge in [0.15, 0.2) is 0 Å². The molecule has 21 heavy (non-hydrogen) atoms. The van der Waals surface area contributed by atoms with E-state index in [1.807, 2.05) is 0 Å². The second-order valence-electron chi connectivity index (χ2n) is 5.14. The van der Waals surface area contributed by atoms with Crippen molar-refractivity contribution in [2.45, 2.75) is 38.0 Å². The lowest BCUT2D eigenvalue weighted by atomic mass is 10.2. The van der Waals surface area contributed by atoms with Crippen LogP contribution in [0.3, 0.4) is 0 Å². The Labute approximate surface area is 119 Å². The van der Waals surface area contributed by atoms with Gasteiger partial charge in [0.05, 0.1) is 6.42 Å². The van der Waals surface area contributed by atoms with E-state index in [0.717, 1.165) is 12.8 Å². The van der Waals surface area contributed by atoms with Gasteiger partial charge in [-0.1, -0.05) is 0 Å². The molecule has 1 atom stereocenters. The van der Waals surface area contributed by atoms with Gasteiger partial charge in [-0.05, 0) is 37.1 Å². The van der Waals surface area contributed by atoms with Crippen molar-refractivity contribution in [1.29, 1.82) is 0 Å². The Kier molecular flexibility index (Phi) is 3.48. The molecule has 1 saturated heterocycles. The van der Waals surface area contributed by atoms with Gasteiger partial charge in [-0.3, -0.25) is 14.5 Å². The lowest BCUT2D eigenvalue weighted by molar-refractivity contribution is -0.139. The third kappa shape index (κ3) is 2.96. The second kappa shape index (κ2) is 5.31. The van der Waals surface area contributed by atoms with Crippen LogP contribution in [0.15, 0.2) is 24.3 Å². The Balaban J connectivity index is 1.64. The number of imide groups is 1. The van der Waals surface area contributed by atoms with E-state index in [4.69, 9.17) is 0 Å². The highest BCUT2D eigenvalue weighted by Crippen LogP contribution is 2.32. The van der Waals surface area contributed by atoms with Crippen molar-refractivity contribution in [3.05, 3.63) is 24.3 Å². The average molecular weight is 296 g/mol. The van der Waals surface area contributed by atoms with Crippen molar-refractivity contribution in [2.75, 3.05) is 5.32 Å². The number of benzene rings is 1. The fraction of sp³-hybridized carbons (Fsp3) is 0.429. The van der Waals surface area contributed by atoms with Gasteiger partial charge >= 0.3 is 6.61 Å². The second-order valence-corrected chi connectivity index (χ2v) is 5.14. The number of nitrogens with one attached hydrogen (secondary N) is 1. The van der Waals surface area contributed by atoms with Crippen LogP contribution in [0, 0.1) is 0 Å². The van der Waals surface area contributed by atoms with Gasteiger partial charge in [-0.2, -0.15) is 8.78 Å². The van der Waals surface area contributed by atoms with E-state index in [2.05, 4.69) is 10.1 Å². The number of rotatable bonds is 5. The summed E-state index contributed by atoms with van der Waals surface area (Å²) in [5.41, 5.74) is 0.584. The minimum Gasteiger partial charge on any atom is -0.435 e. The van der Waals surface area contributed by atoms with Crippen LogP contribution in [-0.2, 0) is 9.59 Å². The van der Waals surface area contributed by atoms with Gasteiger partial charge in [-0.15, -0.1) is 0 Å². The number of carbonyl (C=O) groups excluding carboxylic acids is 2. The van der Waals surface area contributed by atoms with Crippen LogP contribution in [0.5, 0.6) is 5.75 Å². The van der Waals surface area contributed by atoms with Gasteiger partial charge in [-0.25, -0.2) is 0 Å². The number of anilines is 1. The van der Waals surface area contributed by atoms with Gasteiger partial charge in [0.2, 0.25) is 5.91 Å². The number of alkyl halides is 2. The smallest absolute Gasteiger partial charge is 0.387 e. The molecule has 0 radical (unpaired) electrons. The molecule has 1 heterocycles. The highest BCUT2D eigenvalue weighted by atomic mass is 19.3. The number of carbonyl (C=O) groups is 2. The molecule has 7 heteroatoms. The molecule has 2 amide bonds. The molecule has 0 spiro atoms. The summed E-state index contributed by atoms with van der Waals surface area (Å²) >= 11 is 0. The fourth-order valence-corrected chi connectivity index (χ4v) is 2.41. The predicted molar refractivity (Wildman–Crippen MR) is 70.0 cm³/mol. The molecule has 2 aliphatic rings. The summed E-state index contributed by atoms with van der Waals surface area (Å²) in [6.45, 7) is -2.87. The van der Waals surface area contributed by atoms with Gasteiger partial charge in [0.1, 0.15) is 11.8 Å². The van der Waals surface area contributed by atoms with Crippen molar-refractivity contribution < 1.29 is 23.1 Å². The van der Waals surface area contributed by atoms with Crippen molar-refractivity contribution in [3.8, 4) is 5.75 Å². The predicted octanol–water partition coefficient (Wildman–Crippen LogP) is 1.99. The van der Waals surface area contributed by atoms with Crippen molar-refractivity contribution in [2.24, 2.45) is 0 Å². The highest BCUT2D eigenvalue weighted by molar-refractivity contribution is 6.07. The molecule has 0 unspecified atom stereocenters. The van der Waals surface area contributed by atoms with Crippen LogP contribution in [0.2, 0.25) is 0 Å². The maximum absolute atomic E-state index is 12.1. The van der Waals surface area contributed by atoms with Gasteiger partial charge in [0, 0.05) is 11.7 Å². The Morgan fingerprint density at radius 3 is 2.43 bits per heavy atom. The fourth-order valence-electron chi connectivity index (χ4n) is 2.41. The van der Waals surface area contributed by atoms with Gasteiger partial charge in [0.25, 0.3) is 5.91 Å². The molecular formula is C14H14F2N2O3. The highest BCUT2D eigenvalue weighted by Gasteiger charge is 2.46. The first-order valence-corrected chi connectivity index (χ1v) is 6.72. The van der Waals surface area contributed by atoms with Crippen molar-refractivity contribution in [1.82, 2.24) is 4.90 Å². The van der Waals surface area contributed by atoms with Crippen LogP contribution in [0.1, 0.15) is 19.3 Å². The molecule has 112 valence electrons. The van der Waals surface area contributed by atoms with E-state index in [1.54, 1.807) is 0 Å². The maximum atomic E-state index is 12.1. The number of nitrogens with zero attached hydrogens (tertiary/aromatic N) is 1.